The molecule has 0 fully saturated rings. The van der Waals surface area contributed by atoms with Crippen LogP contribution in [0.1, 0.15) is 23.0 Å². The van der Waals surface area contributed by atoms with Crippen molar-refractivity contribution in [3.05, 3.63) is 65.1 Å². The number of allylic oxidation sites excluding steroid dienone is 1. The maximum atomic E-state index is 12.3. The number of hydroxylamine groups is 2. The normalized spacial score (nSPS) is 17.2. The molecule has 2 aromatic rings. The van der Waals surface area contributed by atoms with Crippen LogP contribution in [-0.2, 0) is 14.4 Å². The van der Waals surface area contributed by atoms with Crippen LogP contribution in [0.3, 0.4) is 0 Å². The molecule has 3 heterocycles. The summed E-state index contributed by atoms with van der Waals surface area (Å²) in [6, 6.07) is 10.2. The summed E-state index contributed by atoms with van der Waals surface area (Å²) in [6.45, 7) is 1.71. The molecule has 8 heteroatoms. The number of nitrogens with zero attached hydrogens (tertiary/aromatic N) is 2. The number of ether oxygens (including phenoxy) is 1. The molecule has 1 aromatic heterocycles. The molecule has 0 bridgehead atoms. The number of aliphatic imine (C=N–C) groups is 1. The molecule has 2 aliphatic heterocycles. The Balaban J connectivity index is 1.63. The van der Waals surface area contributed by atoms with Crippen molar-refractivity contribution < 1.29 is 23.6 Å². The Bertz CT molecular complexity index is 1110. The van der Waals surface area contributed by atoms with Gasteiger partial charge in [0.1, 0.15) is 17.3 Å². The number of fused-ring (bicyclic) bond motifs is 1. The molecule has 0 unspecified atom stereocenters. The summed E-state index contributed by atoms with van der Waals surface area (Å²) in [7, 11) is 1.32. The number of nitrogens with one attached hydrogen (secondary N) is 1. The lowest BCUT2D eigenvalue weighted by Gasteiger charge is -2.22. The summed E-state index contributed by atoms with van der Waals surface area (Å²) >= 11 is 0. The topological polar surface area (TPSA) is 105 Å². The first kappa shape index (κ1) is 17.5. The Morgan fingerprint density at radius 3 is 2.89 bits per heavy atom. The third-order valence-electron chi connectivity index (χ3n) is 4.16. The Morgan fingerprint density at radius 2 is 2.11 bits per heavy atom. The number of carbonyl (C=O) groups excluding carboxylic acids is 2. The van der Waals surface area contributed by atoms with E-state index in [9.17, 15) is 9.59 Å². The Morgan fingerprint density at radius 1 is 1.29 bits per heavy atom. The van der Waals surface area contributed by atoms with E-state index in [1.165, 1.54) is 18.2 Å². The fourth-order valence-corrected chi connectivity index (χ4v) is 2.85. The summed E-state index contributed by atoms with van der Waals surface area (Å²) in [4.78, 5) is 33.3. The number of hydrogen-bond donors (Lipinski definition) is 1. The monoisotopic (exact) mass is 377 g/mol. The number of benzene rings is 1. The quantitative estimate of drug-likeness (QED) is 0.651. The largest absolute Gasteiger partial charge is 0.465 e. The van der Waals surface area contributed by atoms with Crippen molar-refractivity contribution in [1.29, 1.82) is 5.41 Å². The summed E-state index contributed by atoms with van der Waals surface area (Å²) in [6.07, 6.45) is 3.03. The summed E-state index contributed by atoms with van der Waals surface area (Å²) in [5, 5.41) is 9.40. The van der Waals surface area contributed by atoms with Gasteiger partial charge in [-0.3, -0.25) is 10.2 Å². The highest BCUT2D eigenvalue weighted by Crippen LogP contribution is 2.27. The molecule has 0 atom stereocenters. The number of hydrogen-bond acceptors (Lipinski definition) is 6. The van der Waals surface area contributed by atoms with Crippen LogP contribution in [0.25, 0.3) is 17.4 Å². The highest BCUT2D eigenvalue weighted by molar-refractivity contribution is 6.32. The molecule has 4 rings (SSSR count). The van der Waals surface area contributed by atoms with Crippen LogP contribution in [0.4, 0.5) is 0 Å². The van der Waals surface area contributed by atoms with Crippen molar-refractivity contribution in [2.24, 2.45) is 4.99 Å². The number of rotatable bonds is 3. The van der Waals surface area contributed by atoms with E-state index in [0.717, 1.165) is 0 Å². The second-order valence-electron chi connectivity index (χ2n) is 6.10. The first-order valence-corrected chi connectivity index (χ1v) is 8.35. The Labute approximate surface area is 159 Å². The molecule has 0 radical (unpaired) electrons. The minimum atomic E-state index is -0.545. The molecule has 0 spiro atoms. The third-order valence-corrected chi connectivity index (χ3v) is 4.16. The summed E-state index contributed by atoms with van der Waals surface area (Å²) in [5.74, 6) is 0.596. The van der Waals surface area contributed by atoms with Crippen LogP contribution in [0.15, 0.2) is 63.2 Å². The van der Waals surface area contributed by atoms with Gasteiger partial charge in [-0.25, -0.2) is 4.79 Å². The highest BCUT2D eigenvalue weighted by atomic mass is 16.7. The van der Waals surface area contributed by atoms with Gasteiger partial charge in [-0.15, -0.1) is 5.06 Å². The second-order valence-corrected chi connectivity index (χ2v) is 6.10. The molecule has 8 nitrogen and oxygen atoms in total. The number of furan rings is 1. The minimum Gasteiger partial charge on any atom is -0.465 e. The average Bonchev–Trinajstić information content (AvgIpc) is 3.31. The molecule has 2 aliphatic rings. The van der Waals surface area contributed by atoms with E-state index >= 15 is 0 Å². The van der Waals surface area contributed by atoms with Crippen LogP contribution in [0.2, 0.25) is 0 Å². The molecule has 28 heavy (non-hydrogen) atoms. The van der Waals surface area contributed by atoms with E-state index < -0.39 is 11.9 Å². The van der Waals surface area contributed by atoms with Gasteiger partial charge in [0.2, 0.25) is 0 Å². The van der Waals surface area contributed by atoms with E-state index in [1.54, 1.807) is 49.4 Å². The highest BCUT2D eigenvalue weighted by Gasteiger charge is 2.34. The van der Waals surface area contributed by atoms with Crippen molar-refractivity contribution in [2.75, 3.05) is 7.11 Å². The fraction of sp³-hybridized carbons (Fsp3) is 0.100. The van der Waals surface area contributed by atoms with Gasteiger partial charge < -0.3 is 14.0 Å². The van der Waals surface area contributed by atoms with Gasteiger partial charge in [0.25, 0.3) is 5.91 Å². The van der Waals surface area contributed by atoms with Crippen molar-refractivity contribution in [1.82, 2.24) is 5.06 Å². The molecule has 1 amide bonds. The number of methoxy groups -OCH3 is 1. The van der Waals surface area contributed by atoms with Gasteiger partial charge in [0.05, 0.1) is 18.2 Å². The standard InChI is InChI=1S/C20H15N3O5/c1-11-8-17-22-19(24)15(18(21)23(17)28-11)10-14-6-7-16(27-14)12-4-3-5-13(9-12)20(25)26-2/h3-10,21H,1-2H3/b15-10+,21-18?. The first-order valence-electron chi connectivity index (χ1n) is 8.35. The summed E-state index contributed by atoms with van der Waals surface area (Å²) in [5.41, 5.74) is 1.13. The molecular weight excluding hydrogens is 362 g/mol. The predicted octanol–water partition coefficient (Wildman–Crippen LogP) is 3.18. The van der Waals surface area contributed by atoms with E-state index in [-0.39, 0.29) is 17.2 Å². The maximum Gasteiger partial charge on any atom is 0.337 e. The van der Waals surface area contributed by atoms with Crippen LogP contribution < -0.4 is 0 Å². The lowest BCUT2D eigenvalue weighted by atomic mass is 10.1. The van der Waals surface area contributed by atoms with Crippen LogP contribution in [0, 0.1) is 5.41 Å². The van der Waals surface area contributed by atoms with E-state index in [2.05, 4.69) is 4.99 Å². The second kappa shape index (κ2) is 6.66. The SMILES string of the molecule is COC(=O)c1cccc(-c2ccc(/C=C3\C(=N)N4OC(C)=CC4=NC3=O)o2)c1. The van der Waals surface area contributed by atoms with E-state index in [4.69, 9.17) is 19.4 Å². The zero-order valence-electron chi connectivity index (χ0n) is 15.1. The smallest absolute Gasteiger partial charge is 0.337 e. The zero-order valence-corrected chi connectivity index (χ0v) is 15.1. The van der Waals surface area contributed by atoms with Gasteiger partial charge in [-0.1, -0.05) is 12.1 Å². The van der Waals surface area contributed by atoms with Crippen molar-refractivity contribution >= 4 is 29.6 Å². The first-order chi connectivity index (χ1) is 13.5. The molecule has 0 saturated carbocycles. The summed E-state index contributed by atoms with van der Waals surface area (Å²) < 4.78 is 10.5. The van der Waals surface area contributed by atoms with Gasteiger partial charge in [-0.2, -0.15) is 4.99 Å². The van der Waals surface area contributed by atoms with Gasteiger partial charge in [-0.05, 0) is 37.3 Å². The molecule has 140 valence electrons. The molecule has 0 saturated heterocycles. The van der Waals surface area contributed by atoms with Crippen molar-refractivity contribution in [3.63, 3.8) is 0 Å². The fourth-order valence-electron chi connectivity index (χ4n) is 2.85. The molecule has 1 aromatic carbocycles. The van der Waals surface area contributed by atoms with Crippen LogP contribution in [-0.4, -0.2) is 35.7 Å². The van der Waals surface area contributed by atoms with Gasteiger partial charge in [0.15, 0.2) is 11.7 Å². The van der Waals surface area contributed by atoms with Gasteiger partial charge in [0, 0.05) is 11.6 Å². The minimum absolute atomic E-state index is 0.0519. The van der Waals surface area contributed by atoms with Crippen LogP contribution in [0.5, 0.6) is 0 Å². The number of amidine groups is 2. The number of esters is 1. The molecular formula is C20H15N3O5. The maximum absolute atomic E-state index is 12.3. The number of amides is 1. The Kier molecular flexibility index (Phi) is 4.15. The average molecular weight is 377 g/mol. The third kappa shape index (κ3) is 3.01. The van der Waals surface area contributed by atoms with E-state index in [1.807, 2.05) is 0 Å². The van der Waals surface area contributed by atoms with Crippen molar-refractivity contribution in [2.45, 2.75) is 6.92 Å². The van der Waals surface area contributed by atoms with Crippen LogP contribution >= 0.6 is 0 Å². The lowest BCUT2D eigenvalue weighted by molar-refractivity contribution is -0.114. The van der Waals surface area contributed by atoms with Crippen molar-refractivity contribution in [3.8, 4) is 11.3 Å². The zero-order chi connectivity index (χ0) is 19.8. The Hall–Kier alpha value is -3.94. The molecule has 0 aliphatic carbocycles. The molecule has 1 N–H and O–H groups in total. The lowest BCUT2D eigenvalue weighted by Crippen LogP contribution is -2.38. The van der Waals surface area contributed by atoms with E-state index in [0.29, 0.717) is 28.4 Å². The number of carbonyl (C=O) groups is 2. The predicted molar refractivity (Wildman–Crippen MR) is 100 cm³/mol. The van der Waals surface area contributed by atoms with Gasteiger partial charge >= 0.3 is 5.97 Å².